The maximum Gasteiger partial charge on any atom is 0.380 e. The van der Waals surface area contributed by atoms with E-state index in [0.29, 0.717) is 24.5 Å². The van der Waals surface area contributed by atoms with Gasteiger partial charge in [0.05, 0.1) is 11.3 Å². The highest BCUT2D eigenvalue weighted by atomic mass is 16.5. The van der Waals surface area contributed by atoms with Crippen LogP contribution in [0.5, 0.6) is 0 Å². The van der Waals surface area contributed by atoms with Crippen LogP contribution in [-0.4, -0.2) is 45.5 Å². The van der Waals surface area contributed by atoms with Crippen molar-refractivity contribution >= 4 is 17.7 Å². The summed E-state index contributed by atoms with van der Waals surface area (Å²) in [7, 11) is 1.69. The Morgan fingerprint density at radius 1 is 1.15 bits per heavy atom. The highest BCUT2D eigenvalue weighted by Crippen LogP contribution is 2.13. The molecule has 1 heterocycles. The smallest absolute Gasteiger partial charge is 0.380 e. The summed E-state index contributed by atoms with van der Waals surface area (Å²) in [4.78, 5) is 38.2. The molecular weight excluding hydrogens is 334 g/mol. The van der Waals surface area contributed by atoms with Gasteiger partial charge in [-0.25, -0.2) is 4.79 Å². The van der Waals surface area contributed by atoms with Crippen LogP contribution in [0.25, 0.3) is 0 Å². The minimum Gasteiger partial charge on any atom is -0.450 e. The van der Waals surface area contributed by atoms with Crippen LogP contribution >= 0.6 is 0 Å². The summed E-state index contributed by atoms with van der Waals surface area (Å²) < 4.78 is 6.47. The van der Waals surface area contributed by atoms with Gasteiger partial charge in [0.2, 0.25) is 0 Å². The number of aromatic nitrogens is 2. The van der Waals surface area contributed by atoms with Gasteiger partial charge < -0.3 is 9.64 Å². The number of hydrogen-bond acceptors (Lipinski definition) is 5. The molecule has 0 unspecified atom stereocenters. The van der Waals surface area contributed by atoms with Crippen molar-refractivity contribution in [1.29, 1.82) is 0 Å². The Balaban J connectivity index is 1.97. The molecule has 0 N–H and O–H groups in total. The van der Waals surface area contributed by atoms with Gasteiger partial charge in [0, 0.05) is 25.8 Å². The second-order valence-corrected chi connectivity index (χ2v) is 5.97. The molecule has 0 bridgehead atoms. The molecule has 2 aromatic rings. The van der Waals surface area contributed by atoms with E-state index in [1.807, 2.05) is 37.3 Å². The van der Waals surface area contributed by atoms with E-state index in [4.69, 9.17) is 4.74 Å². The first-order valence-electron chi connectivity index (χ1n) is 8.38. The molecule has 1 aromatic heterocycles. The monoisotopic (exact) mass is 357 g/mol. The normalized spacial score (nSPS) is 10.5. The Morgan fingerprint density at radius 3 is 2.35 bits per heavy atom. The van der Waals surface area contributed by atoms with Crippen LogP contribution in [0.4, 0.5) is 0 Å². The largest absolute Gasteiger partial charge is 0.450 e. The lowest BCUT2D eigenvalue weighted by Crippen LogP contribution is -2.35. The number of ketones is 1. The van der Waals surface area contributed by atoms with Crippen LogP contribution in [-0.2, 0) is 27.9 Å². The number of esters is 1. The van der Waals surface area contributed by atoms with E-state index in [9.17, 15) is 14.4 Å². The van der Waals surface area contributed by atoms with Gasteiger partial charge in [0.1, 0.15) is 0 Å². The average Bonchev–Trinajstić information content (AvgIpc) is 2.89. The average molecular weight is 357 g/mol. The van der Waals surface area contributed by atoms with Crippen LogP contribution in [0.3, 0.4) is 0 Å². The lowest BCUT2D eigenvalue weighted by Gasteiger charge is -2.20. The second-order valence-electron chi connectivity index (χ2n) is 5.97. The fourth-order valence-corrected chi connectivity index (χ4v) is 2.67. The van der Waals surface area contributed by atoms with E-state index in [2.05, 4.69) is 5.10 Å². The molecule has 138 valence electrons. The van der Waals surface area contributed by atoms with Crippen LogP contribution in [0.2, 0.25) is 0 Å². The molecule has 2 rings (SSSR count). The Morgan fingerprint density at radius 2 is 1.81 bits per heavy atom. The number of rotatable bonds is 7. The molecule has 0 radical (unpaired) electrons. The molecule has 0 aliphatic rings. The van der Waals surface area contributed by atoms with E-state index in [1.54, 1.807) is 25.8 Å². The SMILES string of the molecule is CCN(Cc1ccccc1)C(=O)COC(=O)C(=O)c1c(C)nn(C)c1C. The van der Waals surface area contributed by atoms with E-state index in [-0.39, 0.29) is 11.5 Å². The quantitative estimate of drug-likeness (QED) is 0.429. The van der Waals surface area contributed by atoms with Gasteiger partial charge in [0.15, 0.2) is 6.61 Å². The topological polar surface area (TPSA) is 81.5 Å². The maximum atomic E-state index is 12.3. The lowest BCUT2D eigenvalue weighted by atomic mass is 10.1. The van der Waals surface area contributed by atoms with Crippen molar-refractivity contribution in [3.63, 3.8) is 0 Å². The number of Topliss-reactive ketones (excluding diaryl/α,β-unsaturated/α-hetero) is 1. The van der Waals surface area contributed by atoms with Crippen LogP contribution in [0.15, 0.2) is 30.3 Å². The molecule has 0 saturated carbocycles. The number of nitrogens with zero attached hydrogens (tertiary/aromatic N) is 3. The lowest BCUT2D eigenvalue weighted by molar-refractivity contribution is -0.148. The number of carbonyl (C=O) groups is 3. The zero-order chi connectivity index (χ0) is 19.3. The number of amides is 1. The summed E-state index contributed by atoms with van der Waals surface area (Å²) in [5.41, 5.74) is 2.24. The van der Waals surface area contributed by atoms with Crippen molar-refractivity contribution in [1.82, 2.24) is 14.7 Å². The molecule has 0 saturated heterocycles. The number of likely N-dealkylation sites (N-methyl/N-ethyl adjacent to an activating group) is 1. The summed E-state index contributed by atoms with van der Waals surface area (Å²) in [6, 6.07) is 9.52. The van der Waals surface area contributed by atoms with Crippen molar-refractivity contribution in [2.75, 3.05) is 13.2 Å². The molecule has 0 aliphatic heterocycles. The fraction of sp³-hybridized carbons (Fsp3) is 0.368. The number of carbonyl (C=O) groups excluding carboxylic acids is 3. The number of ether oxygens (including phenoxy) is 1. The first-order valence-corrected chi connectivity index (χ1v) is 8.38. The molecule has 1 aromatic carbocycles. The zero-order valence-corrected chi connectivity index (χ0v) is 15.5. The van der Waals surface area contributed by atoms with Gasteiger partial charge in [-0.2, -0.15) is 5.10 Å². The van der Waals surface area contributed by atoms with Crippen molar-refractivity contribution in [2.24, 2.45) is 7.05 Å². The summed E-state index contributed by atoms with van der Waals surface area (Å²) >= 11 is 0. The minimum atomic E-state index is -1.05. The van der Waals surface area contributed by atoms with E-state index < -0.39 is 18.4 Å². The summed E-state index contributed by atoms with van der Waals surface area (Å²) in [6.45, 7) is 5.62. The van der Waals surface area contributed by atoms with Crippen molar-refractivity contribution in [3.05, 3.63) is 52.8 Å². The number of hydrogen-bond donors (Lipinski definition) is 0. The molecule has 7 heteroatoms. The number of benzene rings is 1. The molecule has 0 aliphatic carbocycles. The minimum absolute atomic E-state index is 0.224. The van der Waals surface area contributed by atoms with Gasteiger partial charge in [-0.1, -0.05) is 30.3 Å². The summed E-state index contributed by atoms with van der Waals surface area (Å²) in [5, 5.41) is 4.11. The third kappa shape index (κ3) is 4.36. The molecular formula is C19H23N3O4. The van der Waals surface area contributed by atoms with Gasteiger partial charge >= 0.3 is 5.97 Å². The maximum absolute atomic E-state index is 12.3. The van der Waals surface area contributed by atoms with Crippen LogP contribution in [0, 0.1) is 13.8 Å². The standard InChI is InChI=1S/C19H23N3O4/c1-5-22(11-15-9-7-6-8-10-15)16(23)12-26-19(25)18(24)17-13(2)20-21(4)14(17)3/h6-10H,5,11-12H2,1-4H3. The Hall–Kier alpha value is -2.96. The molecule has 0 spiro atoms. The van der Waals surface area contributed by atoms with E-state index in [1.165, 1.54) is 4.68 Å². The molecule has 7 nitrogen and oxygen atoms in total. The van der Waals surface area contributed by atoms with Gasteiger partial charge in [0.25, 0.3) is 11.7 Å². The van der Waals surface area contributed by atoms with E-state index in [0.717, 1.165) is 5.56 Å². The van der Waals surface area contributed by atoms with Gasteiger partial charge in [-0.3, -0.25) is 14.3 Å². The first-order chi connectivity index (χ1) is 12.3. The fourth-order valence-electron chi connectivity index (χ4n) is 2.67. The molecule has 26 heavy (non-hydrogen) atoms. The number of aryl methyl sites for hydroxylation is 2. The zero-order valence-electron chi connectivity index (χ0n) is 15.5. The van der Waals surface area contributed by atoms with Crippen molar-refractivity contribution in [2.45, 2.75) is 27.3 Å². The highest BCUT2D eigenvalue weighted by Gasteiger charge is 2.26. The van der Waals surface area contributed by atoms with E-state index >= 15 is 0 Å². The summed E-state index contributed by atoms with van der Waals surface area (Å²) in [5.74, 6) is -2.18. The third-order valence-electron chi connectivity index (χ3n) is 4.20. The predicted molar refractivity (Wildman–Crippen MR) is 95.5 cm³/mol. The first kappa shape index (κ1) is 19.4. The van der Waals surface area contributed by atoms with Crippen LogP contribution in [0.1, 0.15) is 34.2 Å². The molecule has 0 fully saturated rings. The predicted octanol–water partition coefficient (Wildman–Crippen LogP) is 1.81. The van der Waals surface area contributed by atoms with Crippen molar-refractivity contribution in [3.8, 4) is 0 Å². The third-order valence-corrected chi connectivity index (χ3v) is 4.20. The second kappa shape index (κ2) is 8.42. The Labute approximate surface area is 152 Å². The Kier molecular flexibility index (Phi) is 6.27. The van der Waals surface area contributed by atoms with Gasteiger partial charge in [-0.15, -0.1) is 0 Å². The highest BCUT2D eigenvalue weighted by molar-refractivity contribution is 6.41. The van der Waals surface area contributed by atoms with Crippen molar-refractivity contribution < 1.29 is 19.1 Å². The Bertz CT molecular complexity index is 812. The molecule has 1 amide bonds. The summed E-state index contributed by atoms with van der Waals surface area (Å²) in [6.07, 6.45) is 0. The molecule has 0 atom stereocenters. The van der Waals surface area contributed by atoms with Crippen LogP contribution < -0.4 is 0 Å². The van der Waals surface area contributed by atoms with Gasteiger partial charge in [-0.05, 0) is 26.3 Å².